The summed E-state index contributed by atoms with van der Waals surface area (Å²) in [5, 5.41) is 3.37. The van der Waals surface area contributed by atoms with Crippen LogP contribution in [0.25, 0.3) is 22.5 Å². The van der Waals surface area contributed by atoms with E-state index in [0.29, 0.717) is 6.61 Å². The molecule has 4 heteroatoms. The number of hydrogen-bond acceptors (Lipinski definition) is 4. The van der Waals surface area contributed by atoms with Crippen LogP contribution in [-0.4, -0.2) is 19.7 Å². The van der Waals surface area contributed by atoms with Gasteiger partial charge in [0.2, 0.25) is 0 Å². The van der Waals surface area contributed by atoms with E-state index in [1.807, 2.05) is 38.1 Å². The van der Waals surface area contributed by atoms with Crippen LogP contribution in [0.3, 0.4) is 0 Å². The number of hydrogen-bond donors (Lipinski definition) is 1. The van der Waals surface area contributed by atoms with Gasteiger partial charge in [0, 0.05) is 11.3 Å². The fourth-order valence-electron chi connectivity index (χ4n) is 4.67. The maximum Gasteiger partial charge on any atom is 0.316 e. The number of rotatable bonds is 10. The van der Waals surface area contributed by atoms with E-state index in [0.717, 1.165) is 63.4 Å². The maximum atomic E-state index is 12.4. The lowest BCUT2D eigenvalue weighted by atomic mass is 9.93. The second-order valence-corrected chi connectivity index (χ2v) is 9.46. The number of allylic oxidation sites excluding steroid dienone is 3. The molecule has 4 rings (SSSR count). The van der Waals surface area contributed by atoms with E-state index in [4.69, 9.17) is 9.47 Å². The highest BCUT2D eigenvalue weighted by Gasteiger charge is 2.52. The molecule has 0 amide bonds. The van der Waals surface area contributed by atoms with Gasteiger partial charge in [-0.1, -0.05) is 85.4 Å². The fraction of sp³-hybridized carbons (Fsp3) is 0.242. The zero-order valence-corrected chi connectivity index (χ0v) is 22.1. The molecule has 3 aromatic rings. The van der Waals surface area contributed by atoms with E-state index in [9.17, 15) is 4.79 Å². The molecule has 1 N–H and O–H groups in total. The summed E-state index contributed by atoms with van der Waals surface area (Å²) in [4.78, 5) is 12.4. The van der Waals surface area contributed by atoms with Crippen LogP contribution in [-0.2, 0) is 19.7 Å². The molecule has 0 saturated heterocycles. The van der Waals surface area contributed by atoms with Gasteiger partial charge in [-0.2, -0.15) is 0 Å². The normalized spacial score (nSPS) is 14.9. The summed E-state index contributed by atoms with van der Waals surface area (Å²) < 4.78 is 11.0. The SMILES string of the molecule is C=C(/C=C(\C)c1ccccc1)N/C(C)=C(/OC)c1ccc(-c2ccc(C3(C(=O)OCC)CC3)cc2)cc1. The van der Waals surface area contributed by atoms with Crippen LogP contribution < -0.4 is 5.32 Å². The van der Waals surface area contributed by atoms with Crippen LogP contribution >= 0.6 is 0 Å². The largest absolute Gasteiger partial charge is 0.494 e. The van der Waals surface area contributed by atoms with E-state index >= 15 is 0 Å². The summed E-state index contributed by atoms with van der Waals surface area (Å²) in [6, 6.07) is 26.8. The third-order valence-electron chi connectivity index (χ3n) is 6.85. The van der Waals surface area contributed by atoms with Crippen molar-refractivity contribution in [2.24, 2.45) is 0 Å². The first-order valence-corrected chi connectivity index (χ1v) is 12.7. The first kappa shape index (κ1) is 26.0. The molecule has 0 spiro atoms. The number of nitrogens with one attached hydrogen (secondary N) is 1. The number of benzene rings is 3. The maximum absolute atomic E-state index is 12.4. The quantitative estimate of drug-likeness (QED) is 0.181. The molecule has 0 aromatic heterocycles. The van der Waals surface area contributed by atoms with Gasteiger partial charge < -0.3 is 14.8 Å². The standard InChI is InChI=1S/C33H35NO3/c1-6-37-32(35)33(20-21-33)30-18-16-28(17-19-30)27-12-14-29(15-13-27)31(36-5)25(4)34-24(3)22-23(2)26-10-8-7-9-11-26/h7-19,22,34H,3,6,20-21H2,1-2,4-5H3/b23-22+,31-25+. The zero-order chi connectivity index (χ0) is 26.4. The third kappa shape index (κ3) is 5.86. The second-order valence-electron chi connectivity index (χ2n) is 9.46. The molecular formula is C33H35NO3. The molecule has 0 atom stereocenters. The van der Waals surface area contributed by atoms with Gasteiger partial charge in [0.05, 0.1) is 24.8 Å². The van der Waals surface area contributed by atoms with Gasteiger partial charge in [-0.15, -0.1) is 0 Å². The molecule has 3 aromatic carbocycles. The molecule has 190 valence electrons. The van der Waals surface area contributed by atoms with Crippen LogP contribution in [0.2, 0.25) is 0 Å². The van der Waals surface area contributed by atoms with Gasteiger partial charge in [-0.3, -0.25) is 4.79 Å². The van der Waals surface area contributed by atoms with Crippen LogP contribution in [0.4, 0.5) is 0 Å². The lowest BCUT2D eigenvalue weighted by Crippen LogP contribution is -2.23. The molecule has 0 bridgehead atoms. The van der Waals surface area contributed by atoms with Crippen LogP contribution in [0.1, 0.15) is 50.3 Å². The molecule has 0 unspecified atom stereocenters. The molecular weight excluding hydrogens is 458 g/mol. The smallest absolute Gasteiger partial charge is 0.316 e. The number of carbonyl (C=O) groups is 1. The van der Waals surface area contributed by atoms with E-state index in [2.05, 4.69) is 79.5 Å². The first-order chi connectivity index (χ1) is 17.9. The van der Waals surface area contributed by atoms with Crippen molar-refractivity contribution in [1.82, 2.24) is 5.32 Å². The van der Waals surface area contributed by atoms with Crippen molar-refractivity contribution in [3.63, 3.8) is 0 Å². The molecule has 1 saturated carbocycles. The van der Waals surface area contributed by atoms with Gasteiger partial charge in [-0.25, -0.2) is 0 Å². The topological polar surface area (TPSA) is 47.6 Å². The van der Waals surface area contributed by atoms with Gasteiger partial charge in [0.25, 0.3) is 0 Å². The van der Waals surface area contributed by atoms with Crippen molar-refractivity contribution >= 4 is 17.3 Å². The summed E-state index contributed by atoms with van der Waals surface area (Å²) in [6.07, 6.45) is 3.74. The third-order valence-corrected chi connectivity index (χ3v) is 6.85. The minimum Gasteiger partial charge on any atom is -0.494 e. The monoisotopic (exact) mass is 493 g/mol. The molecule has 1 fully saturated rings. The highest BCUT2D eigenvalue weighted by atomic mass is 16.5. The lowest BCUT2D eigenvalue weighted by molar-refractivity contribution is -0.146. The Morgan fingerprint density at radius 3 is 2.05 bits per heavy atom. The first-order valence-electron chi connectivity index (χ1n) is 12.7. The Balaban J connectivity index is 1.47. The highest BCUT2D eigenvalue weighted by Crippen LogP contribution is 2.49. The molecule has 0 radical (unpaired) electrons. The predicted octanol–water partition coefficient (Wildman–Crippen LogP) is 7.49. The molecule has 0 aliphatic heterocycles. The minimum atomic E-state index is -0.445. The van der Waals surface area contributed by atoms with Crippen molar-refractivity contribution in [3.8, 4) is 11.1 Å². The van der Waals surface area contributed by atoms with Crippen LogP contribution in [0, 0.1) is 0 Å². The summed E-state index contributed by atoms with van der Waals surface area (Å²) in [5.41, 5.74) is 7.74. The number of methoxy groups -OCH3 is 1. The number of ether oxygens (including phenoxy) is 2. The average Bonchev–Trinajstić information content (AvgIpc) is 3.72. The summed E-state index contributed by atoms with van der Waals surface area (Å²) >= 11 is 0. The Morgan fingerprint density at radius 2 is 1.51 bits per heavy atom. The van der Waals surface area contributed by atoms with E-state index in [1.54, 1.807) is 7.11 Å². The fourth-order valence-corrected chi connectivity index (χ4v) is 4.67. The summed E-state index contributed by atoms with van der Waals surface area (Å²) in [7, 11) is 1.68. The van der Waals surface area contributed by atoms with Crippen molar-refractivity contribution in [1.29, 1.82) is 0 Å². The Labute approximate surface area is 220 Å². The number of esters is 1. The molecule has 0 heterocycles. The van der Waals surface area contributed by atoms with Gasteiger partial charge in [0.15, 0.2) is 0 Å². The average molecular weight is 494 g/mol. The zero-order valence-electron chi connectivity index (χ0n) is 22.1. The van der Waals surface area contributed by atoms with Crippen molar-refractivity contribution in [3.05, 3.63) is 120 Å². The molecule has 4 nitrogen and oxygen atoms in total. The number of carbonyl (C=O) groups excluding carboxylic acids is 1. The van der Waals surface area contributed by atoms with Crippen molar-refractivity contribution in [2.45, 2.75) is 39.0 Å². The van der Waals surface area contributed by atoms with Gasteiger partial charge in [0.1, 0.15) is 5.76 Å². The summed E-state index contributed by atoms with van der Waals surface area (Å²) in [6.45, 7) is 10.5. The van der Waals surface area contributed by atoms with Gasteiger partial charge >= 0.3 is 5.97 Å². The molecule has 1 aliphatic carbocycles. The molecule has 1 aliphatic rings. The van der Waals surface area contributed by atoms with E-state index in [1.165, 1.54) is 0 Å². The Kier molecular flexibility index (Phi) is 7.98. The lowest BCUT2D eigenvalue weighted by Gasteiger charge is -2.15. The Morgan fingerprint density at radius 1 is 0.919 bits per heavy atom. The Hall–Kier alpha value is -4.05. The predicted molar refractivity (Wildman–Crippen MR) is 151 cm³/mol. The van der Waals surface area contributed by atoms with Crippen LogP contribution in [0.15, 0.2) is 103 Å². The van der Waals surface area contributed by atoms with E-state index in [-0.39, 0.29) is 5.97 Å². The van der Waals surface area contributed by atoms with Crippen molar-refractivity contribution < 1.29 is 14.3 Å². The summed E-state index contributed by atoms with van der Waals surface area (Å²) in [5.74, 6) is 0.655. The van der Waals surface area contributed by atoms with E-state index < -0.39 is 5.41 Å². The second kappa shape index (κ2) is 11.3. The minimum absolute atomic E-state index is 0.108. The molecule has 37 heavy (non-hydrogen) atoms. The van der Waals surface area contributed by atoms with Crippen LogP contribution in [0.5, 0.6) is 0 Å². The van der Waals surface area contributed by atoms with Crippen molar-refractivity contribution in [2.75, 3.05) is 13.7 Å². The highest BCUT2D eigenvalue weighted by molar-refractivity contribution is 5.87. The Bertz CT molecular complexity index is 1310. The van der Waals surface area contributed by atoms with Gasteiger partial charge in [-0.05, 0) is 67.5 Å².